The Balaban J connectivity index is 1.68. The monoisotopic (exact) mass is 316 g/mol. The molecule has 1 aliphatic heterocycles. The van der Waals surface area contributed by atoms with Crippen LogP contribution in [0.25, 0.3) is 5.78 Å². The van der Waals surface area contributed by atoms with E-state index in [0.29, 0.717) is 17.6 Å². The van der Waals surface area contributed by atoms with Crippen LogP contribution in [0, 0.1) is 13.8 Å². The minimum atomic E-state index is 0.104. The van der Waals surface area contributed by atoms with Crippen molar-refractivity contribution in [3.05, 3.63) is 23.3 Å². The summed E-state index contributed by atoms with van der Waals surface area (Å²) in [5, 5.41) is 4.42. The van der Waals surface area contributed by atoms with Crippen LogP contribution in [0.1, 0.15) is 30.1 Å². The number of carbonyl (C=O) groups excluding carboxylic acids is 1. The fraction of sp³-hybridized carbons (Fsp3) is 0.625. The highest BCUT2D eigenvalue weighted by molar-refractivity contribution is 5.78. The molecule has 3 heterocycles. The smallest absolute Gasteiger partial charge is 0.252 e. The minimum absolute atomic E-state index is 0.104. The Morgan fingerprint density at radius 3 is 2.61 bits per heavy atom. The Kier molecular flexibility index (Phi) is 4.30. The molecule has 2 aromatic heterocycles. The second-order valence-electron chi connectivity index (χ2n) is 6.53. The second-order valence-corrected chi connectivity index (χ2v) is 6.53. The summed E-state index contributed by atoms with van der Waals surface area (Å²) in [4.78, 5) is 25.4. The number of nitrogens with zero attached hydrogens (tertiary/aromatic N) is 6. The van der Waals surface area contributed by atoms with Gasteiger partial charge < -0.3 is 9.80 Å². The number of fused-ring (bicyclic) bond motifs is 1. The van der Waals surface area contributed by atoms with E-state index in [-0.39, 0.29) is 12.3 Å². The summed E-state index contributed by atoms with van der Waals surface area (Å²) < 4.78 is 1.70. The molecule has 1 fully saturated rings. The maximum atomic E-state index is 12.5. The molecule has 1 amide bonds. The summed E-state index contributed by atoms with van der Waals surface area (Å²) >= 11 is 0. The van der Waals surface area contributed by atoms with Crippen LogP contribution in [-0.4, -0.2) is 68.5 Å². The zero-order chi connectivity index (χ0) is 16.6. The fourth-order valence-corrected chi connectivity index (χ4v) is 3.16. The third-order valence-electron chi connectivity index (χ3n) is 4.52. The predicted molar refractivity (Wildman–Crippen MR) is 87.2 cm³/mol. The van der Waals surface area contributed by atoms with Crippen molar-refractivity contribution in [1.29, 1.82) is 0 Å². The number of rotatable bonds is 3. The van der Waals surface area contributed by atoms with Gasteiger partial charge in [-0.25, -0.2) is 9.50 Å². The van der Waals surface area contributed by atoms with Crippen molar-refractivity contribution in [2.75, 3.05) is 27.2 Å². The molecule has 0 N–H and O–H groups in total. The van der Waals surface area contributed by atoms with Crippen LogP contribution in [0.4, 0.5) is 0 Å². The van der Waals surface area contributed by atoms with E-state index in [1.807, 2.05) is 24.8 Å². The molecule has 2 aromatic rings. The van der Waals surface area contributed by atoms with E-state index in [2.05, 4.69) is 34.1 Å². The molecule has 7 nitrogen and oxygen atoms in total. The molecule has 7 heteroatoms. The van der Waals surface area contributed by atoms with E-state index < -0.39 is 0 Å². The zero-order valence-electron chi connectivity index (χ0n) is 14.3. The molecule has 0 bridgehead atoms. The lowest BCUT2D eigenvalue weighted by Crippen LogP contribution is -2.45. The van der Waals surface area contributed by atoms with Crippen molar-refractivity contribution in [3.63, 3.8) is 0 Å². The molecule has 1 aliphatic rings. The van der Waals surface area contributed by atoms with Gasteiger partial charge in [-0.1, -0.05) is 0 Å². The van der Waals surface area contributed by atoms with Gasteiger partial charge in [-0.2, -0.15) is 4.98 Å². The zero-order valence-corrected chi connectivity index (χ0v) is 14.3. The number of hydrogen-bond donors (Lipinski definition) is 0. The molecule has 0 spiro atoms. The van der Waals surface area contributed by atoms with Crippen molar-refractivity contribution in [1.82, 2.24) is 29.4 Å². The topological polar surface area (TPSA) is 66.6 Å². The van der Waals surface area contributed by atoms with Gasteiger partial charge in [0.1, 0.15) is 0 Å². The van der Waals surface area contributed by atoms with Crippen molar-refractivity contribution in [2.45, 2.75) is 39.2 Å². The second kappa shape index (κ2) is 6.23. The van der Waals surface area contributed by atoms with Gasteiger partial charge in [0.2, 0.25) is 5.91 Å². The van der Waals surface area contributed by atoms with E-state index in [1.54, 1.807) is 4.52 Å². The first kappa shape index (κ1) is 15.9. The maximum Gasteiger partial charge on any atom is 0.252 e. The lowest BCUT2D eigenvalue weighted by atomic mass is 10.0. The predicted octanol–water partition coefficient (Wildman–Crippen LogP) is 0.836. The number of aromatic nitrogens is 4. The molecule has 0 aromatic carbocycles. The van der Waals surface area contributed by atoms with E-state index in [1.165, 1.54) is 0 Å². The average molecular weight is 316 g/mol. The number of likely N-dealkylation sites (tertiary alicyclic amines) is 1. The molecular formula is C16H24N6O. The Hall–Kier alpha value is -2.02. The lowest BCUT2D eigenvalue weighted by Gasteiger charge is -2.35. The summed E-state index contributed by atoms with van der Waals surface area (Å²) in [7, 11) is 4.19. The van der Waals surface area contributed by atoms with Gasteiger partial charge in [0, 0.05) is 30.5 Å². The Labute approximate surface area is 136 Å². The standard InChI is InChI=1S/C16H24N6O/c1-11-9-12(2)22-16(17-11)18-14(19-22)10-15(23)21-7-5-13(6-8-21)20(3)4/h9,13H,5-8,10H2,1-4H3. The number of carbonyl (C=O) groups is 1. The summed E-state index contributed by atoms with van der Waals surface area (Å²) in [6, 6.07) is 2.53. The Morgan fingerprint density at radius 1 is 1.26 bits per heavy atom. The molecular weight excluding hydrogens is 292 g/mol. The summed E-state index contributed by atoms with van der Waals surface area (Å²) in [5.74, 6) is 1.22. The van der Waals surface area contributed by atoms with Crippen LogP contribution in [-0.2, 0) is 11.2 Å². The van der Waals surface area contributed by atoms with Gasteiger partial charge in [-0.05, 0) is 46.9 Å². The maximum absolute atomic E-state index is 12.5. The molecule has 0 saturated carbocycles. The van der Waals surface area contributed by atoms with Crippen molar-refractivity contribution in [2.24, 2.45) is 0 Å². The first-order valence-electron chi connectivity index (χ1n) is 8.08. The highest BCUT2D eigenvalue weighted by Gasteiger charge is 2.24. The van der Waals surface area contributed by atoms with Gasteiger partial charge in [-0.3, -0.25) is 4.79 Å². The SMILES string of the molecule is Cc1cc(C)n2nc(CC(=O)N3CCC(N(C)C)CC3)nc2n1. The largest absolute Gasteiger partial charge is 0.342 e. The van der Waals surface area contributed by atoms with Crippen LogP contribution in [0.15, 0.2) is 6.07 Å². The van der Waals surface area contributed by atoms with Gasteiger partial charge in [0.15, 0.2) is 5.82 Å². The lowest BCUT2D eigenvalue weighted by molar-refractivity contribution is -0.132. The number of amides is 1. The normalized spacial score (nSPS) is 16.5. The van der Waals surface area contributed by atoms with Gasteiger partial charge in [-0.15, -0.1) is 5.10 Å². The first-order valence-corrected chi connectivity index (χ1v) is 8.08. The van der Waals surface area contributed by atoms with Crippen molar-refractivity contribution in [3.8, 4) is 0 Å². The van der Waals surface area contributed by atoms with E-state index in [0.717, 1.165) is 37.3 Å². The third-order valence-corrected chi connectivity index (χ3v) is 4.52. The van der Waals surface area contributed by atoms with Gasteiger partial charge >= 0.3 is 0 Å². The fourth-order valence-electron chi connectivity index (χ4n) is 3.16. The van der Waals surface area contributed by atoms with E-state index >= 15 is 0 Å². The van der Waals surface area contributed by atoms with Gasteiger partial charge in [0.05, 0.1) is 6.42 Å². The van der Waals surface area contributed by atoms with Gasteiger partial charge in [0.25, 0.3) is 5.78 Å². The summed E-state index contributed by atoms with van der Waals surface area (Å²) in [6.07, 6.45) is 2.29. The molecule has 1 saturated heterocycles. The van der Waals surface area contributed by atoms with Crippen LogP contribution in [0.2, 0.25) is 0 Å². The van der Waals surface area contributed by atoms with E-state index in [9.17, 15) is 4.79 Å². The van der Waals surface area contributed by atoms with Crippen molar-refractivity contribution < 1.29 is 4.79 Å². The van der Waals surface area contributed by atoms with Crippen LogP contribution < -0.4 is 0 Å². The highest BCUT2D eigenvalue weighted by Crippen LogP contribution is 2.15. The molecule has 0 atom stereocenters. The molecule has 3 rings (SSSR count). The van der Waals surface area contributed by atoms with E-state index in [4.69, 9.17) is 0 Å². The Bertz CT molecular complexity index is 715. The molecule has 0 radical (unpaired) electrons. The minimum Gasteiger partial charge on any atom is -0.342 e. The number of piperidine rings is 1. The number of hydrogen-bond acceptors (Lipinski definition) is 5. The first-order chi connectivity index (χ1) is 10.9. The Morgan fingerprint density at radius 2 is 1.96 bits per heavy atom. The quantitative estimate of drug-likeness (QED) is 0.839. The van der Waals surface area contributed by atoms with Crippen molar-refractivity contribution >= 4 is 11.7 Å². The van der Waals surface area contributed by atoms with Crippen LogP contribution >= 0.6 is 0 Å². The third kappa shape index (κ3) is 3.34. The molecule has 23 heavy (non-hydrogen) atoms. The molecule has 0 unspecified atom stereocenters. The number of aryl methyl sites for hydroxylation is 2. The summed E-state index contributed by atoms with van der Waals surface area (Å²) in [6.45, 7) is 5.52. The summed E-state index contributed by atoms with van der Waals surface area (Å²) in [5.41, 5.74) is 1.89. The average Bonchev–Trinajstić information content (AvgIpc) is 2.90. The highest BCUT2D eigenvalue weighted by atomic mass is 16.2. The van der Waals surface area contributed by atoms with Crippen LogP contribution in [0.3, 0.4) is 0 Å². The van der Waals surface area contributed by atoms with Crippen LogP contribution in [0.5, 0.6) is 0 Å². The molecule has 124 valence electrons. The molecule has 0 aliphatic carbocycles.